The number of likely N-dealkylation sites (tertiary alicyclic amines) is 2. The Bertz CT molecular complexity index is 468. The van der Waals surface area contributed by atoms with Crippen molar-refractivity contribution in [2.45, 2.75) is 71.3 Å². The van der Waals surface area contributed by atoms with Crippen LogP contribution in [0.25, 0.3) is 0 Å². The lowest BCUT2D eigenvalue weighted by molar-refractivity contribution is -0.131. The van der Waals surface area contributed by atoms with Gasteiger partial charge in [-0.15, -0.1) is 0 Å². The summed E-state index contributed by atoms with van der Waals surface area (Å²) in [6.07, 6.45) is 8.52. The first kappa shape index (κ1) is 18.5. The molecular formula is C20H35N3O2. The van der Waals surface area contributed by atoms with Crippen molar-refractivity contribution in [3.05, 3.63) is 0 Å². The maximum Gasteiger partial charge on any atom is 0.317 e. The normalized spacial score (nSPS) is 31.2. The van der Waals surface area contributed by atoms with Gasteiger partial charge in [0.15, 0.2) is 0 Å². The Kier molecular flexibility index (Phi) is 6.24. The molecule has 5 nitrogen and oxygen atoms in total. The van der Waals surface area contributed by atoms with Crippen LogP contribution >= 0.6 is 0 Å². The summed E-state index contributed by atoms with van der Waals surface area (Å²) >= 11 is 0. The number of carbonyl (C=O) groups excluding carboxylic acids is 2. The van der Waals surface area contributed by atoms with Crippen LogP contribution in [0.3, 0.4) is 0 Å². The maximum absolute atomic E-state index is 12.6. The van der Waals surface area contributed by atoms with Crippen molar-refractivity contribution >= 4 is 11.9 Å². The van der Waals surface area contributed by atoms with E-state index < -0.39 is 0 Å². The van der Waals surface area contributed by atoms with Gasteiger partial charge in [-0.3, -0.25) is 4.79 Å². The quantitative estimate of drug-likeness (QED) is 0.850. The van der Waals surface area contributed by atoms with Crippen LogP contribution in [0.5, 0.6) is 0 Å². The molecule has 3 amide bonds. The first-order valence-corrected chi connectivity index (χ1v) is 10.4. The topological polar surface area (TPSA) is 52.7 Å². The van der Waals surface area contributed by atoms with Crippen molar-refractivity contribution in [1.29, 1.82) is 0 Å². The molecule has 0 unspecified atom stereocenters. The van der Waals surface area contributed by atoms with Crippen molar-refractivity contribution < 1.29 is 9.59 Å². The molecule has 0 aromatic carbocycles. The van der Waals surface area contributed by atoms with Crippen LogP contribution in [0.2, 0.25) is 0 Å². The summed E-state index contributed by atoms with van der Waals surface area (Å²) in [7, 11) is 0. The van der Waals surface area contributed by atoms with Gasteiger partial charge in [-0.1, -0.05) is 26.7 Å². The Labute approximate surface area is 152 Å². The highest BCUT2D eigenvalue weighted by Gasteiger charge is 2.31. The summed E-state index contributed by atoms with van der Waals surface area (Å²) in [5.74, 6) is 2.03. The Hall–Kier alpha value is -1.26. The SMILES string of the molecule is C[C@@H]1[C@H](C)CCC[C@H]1NC(=O)N1CCC(CC(=O)N2CCCC2)CC1. The van der Waals surface area contributed by atoms with Crippen LogP contribution < -0.4 is 5.32 Å². The molecular weight excluding hydrogens is 314 g/mol. The van der Waals surface area contributed by atoms with Crippen LogP contribution in [0.15, 0.2) is 0 Å². The van der Waals surface area contributed by atoms with Crippen molar-refractivity contribution in [2.75, 3.05) is 26.2 Å². The molecule has 2 aliphatic heterocycles. The smallest absolute Gasteiger partial charge is 0.317 e. The summed E-state index contributed by atoms with van der Waals surface area (Å²) in [6.45, 7) is 8.04. The predicted molar refractivity (Wildman–Crippen MR) is 99.2 cm³/mol. The fourth-order valence-electron chi connectivity index (χ4n) is 4.72. The molecule has 0 spiro atoms. The third-order valence-corrected chi connectivity index (χ3v) is 6.84. The Morgan fingerprint density at radius 3 is 2.24 bits per heavy atom. The van der Waals surface area contributed by atoms with E-state index in [1.165, 1.54) is 12.8 Å². The zero-order valence-corrected chi connectivity index (χ0v) is 16.0. The van der Waals surface area contributed by atoms with Crippen molar-refractivity contribution in [2.24, 2.45) is 17.8 Å². The average Bonchev–Trinajstić information content (AvgIpc) is 3.14. The summed E-state index contributed by atoms with van der Waals surface area (Å²) < 4.78 is 0. The van der Waals surface area contributed by atoms with Gasteiger partial charge in [0.1, 0.15) is 0 Å². The molecule has 5 heteroatoms. The molecule has 2 heterocycles. The molecule has 25 heavy (non-hydrogen) atoms. The molecule has 0 aromatic heterocycles. The van der Waals surface area contributed by atoms with E-state index >= 15 is 0 Å². The molecule has 1 aliphatic carbocycles. The van der Waals surface area contributed by atoms with Gasteiger partial charge in [-0.25, -0.2) is 4.79 Å². The number of urea groups is 1. The standard InChI is InChI=1S/C20H35N3O2/c1-15-6-5-7-18(16(15)2)21-20(25)23-12-8-17(9-13-23)14-19(24)22-10-3-4-11-22/h15-18H,3-14H2,1-2H3,(H,21,25)/t15-,16-,18-/m1/s1. The fourth-order valence-corrected chi connectivity index (χ4v) is 4.72. The van der Waals surface area contributed by atoms with Crippen LogP contribution in [0, 0.1) is 17.8 Å². The molecule has 3 aliphatic rings. The van der Waals surface area contributed by atoms with Gasteiger partial charge in [-0.2, -0.15) is 0 Å². The number of hydrogen-bond donors (Lipinski definition) is 1. The largest absolute Gasteiger partial charge is 0.343 e. The van der Waals surface area contributed by atoms with E-state index in [2.05, 4.69) is 19.2 Å². The van der Waals surface area contributed by atoms with Gasteiger partial charge in [0.25, 0.3) is 0 Å². The number of carbonyl (C=O) groups is 2. The highest BCUT2D eigenvalue weighted by atomic mass is 16.2. The lowest BCUT2D eigenvalue weighted by atomic mass is 9.78. The van der Waals surface area contributed by atoms with E-state index in [9.17, 15) is 9.59 Å². The third-order valence-electron chi connectivity index (χ3n) is 6.84. The molecule has 1 saturated carbocycles. The van der Waals surface area contributed by atoms with E-state index in [0.717, 1.165) is 58.3 Å². The van der Waals surface area contributed by atoms with Crippen molar-refractivity contribution in [3.8, 4) is 0 Å². The number of piperidine rings is 1. The van der Waals surface area contributed by atoms with Gasteiger partial charge in [0.2, 0.25) is 5.91 Å². The number of hydrogen-bond acceptors (Lipinski definition) is 2. The van der Waals surface area contributed by atoms with Gasteiger partial charge in [-0.05, 0) is 49.9 Å². The third kappa shape index (κ3) is 4.68. The highest BCUT2D eigenvalue weighted by molar-refractivity contribution is 5.77. The summed E-state index contributed by atoms with van der Waals surface area (Å²) in [5.41, 5.74) is 0. The van der Waals surface area contributed by atoms with E-state index in [-0.39, 0.29) is 6.03 Å². The summed E-state index contributed by atoms with van der Waals surface area (Å²) in [5, 5.41) is 3.28. The Morgan fingerprint density at radius 2 is 1.56 bits per heavy atom. The van der Waals surface area contributed by atoms with E-state index in [0.29, 0.717) is 36.1 Å². The molecule has 3 fully saturated rings. The fraction of sp³-hybridized carbons (Fsp3) is 0.900. The molecule has 2 saturated heterocycles. The molecule has 142 valence electrons. The van der Waals surface area contributed by atoms with Gasteiger partial charge < -0.3 is 15.1 Å². The second-order valence-corrected chi connectivity index (χ2v) is 8.55. The van der Waals surface area contributed by atoms with Crippen LogP contribution in [-0.2, 0) is 4.79 Å². The van der Waals surface area contributed by atoms with Gasteiger partial charge >= 0.3 is 6.03 Å². The van der Waals surface area contributed by atoms with Crippen LogP contribution in [-0.4, -0.2) is 54.0 Å². The van der Waals surface area contributed by atoms with Crippen molar-refractivity contribution in [3.63, 3.8) is 0 Å². The average molecular weight is 350 g/mol. The van der Waals surface area contributed by atoms with E-state index in [1.807, 2.05) is 9.80 Å². The number of rotatable bonds is 3. The molecule has 0 bridgehead atoms. The number of amides is 3. The minimum absolute atomic E-state index is 0.107. The lowest BCUT2D eigenvalue weighted by Gasteiger charge is -2.38. The van der Waals surface area contributed by atoms with Crippen LogP contribution in [0.1, 0.15) is 65.2 Å². The summed E-state index contributed by atoms with van der Waals surface area (Å²) in [6, 6.07) is 0.431. The molecule has 1 N–H and O–H groups in total. The van der Waals surface area contributed by atoms with Gasteiger partial charge in [0, 0.05) is 38.6 Å². The Balaban J connectivity index is 1.40. The predicted octanol–water partition coefficient (Wildman–Crippen LogP) is 3.25. The number of nitrogens with zero attached hydrogens (tertiary/aromatic N) is 2. The zero-order valence-electron chi connectivity index (χ0n) is 16.0. The minimum atomic E-state index is 0.107. The van der Waals surface area contributed by atoms with Gasteiger partial charge in [0.05, 0.1) is 0 Å². The van der Waals surface area contributed by atoms with Crippen LogP contribution in [0.4, 0.5) is 4.79 Å². The second kappa shape index (κ2) is 8.41. The minimum Gasteiger partial charge on any atom is -0.343 e. The first-order chi connectivity index (χ1) is 12.0. The maximum atomic E-state index is 12.6. The Morgan fingerprint density at radius 1 is 0.880 bits per heavy atom. The van der Waals surface area contributed by atoms with E-state index in [4.69, 9.17) is 0 Å². The number of nitrogens with one attached hydrogen (secondary N) is 1. The zero-order chi connectivity index (χ0) is 17.8. The van der Waals surface area contributed by atoms with E-state index in [1.54, 1.807) is 0 Å². The lowest BCUT2D eigenvalue weighted by Crippen LogP contribution is -2.51. The van der Waals surface area contributed by atoms with Crippen molar-refractivity contribution in [1.82, 2.24) is 15.1 Å². The summed E-state index contributed by atoms with van der Waals surface area (Å²) in [4.78, 5) is 28.9. The molecule has 0 radical (unpaired) electrons. The first-order valence-electron chi connectivity index (χ1n) is 10.4. The molecule has 3 atom stereocenters. The molecule has 3 rings (SSSR count). The monoisotopic (exact) mass is 349 g/mol. The highest BCUT2D eigenvalue weighted by Crippen LogP contribution is 2.30. The second-order valence-electron chi connectivity index (χ2n) is 8.55. The molecule has 0 aromatic rings.